The van der Waals surface area contributed by atoms with E-state index in [0.717, 1.165) is 0 Å². The SMILES string of the molecule is CC1CN(CC(=O)Nc2cc(Cl)cc(Cl)c2)CCN1CC(O)COc1ccccc1F. The van der Waals surface area contributed by atoms with Gasteiger partial charge in [-0.2, -0.15) is 0 Å². The van der Waals surface area contributed by atoms with E-state index in [4.69, 9.17) is 27.9 Å². The molecule has 1 fully saturated rings. The molecule has 31 heavy (non-hydrogen) atoms. The fraction of sp³-hybridized carbons (Fsp3) is 0.409. The van der Waals surface area contributed by atoms with E-state index in [-0.39, 0.29) is 30.9 Å². The van der Waals surface area contributed by atoms with Crippen molar-refractivity contribution in [2.45, 2.75) is 19.1 Å². The molecule has 0 radical (unpaired) electrons. The number of hydrogen-bond donors (Lipinski definition) is 2. The Bertz CT molecular complexity index is 882. The zero-order valence-electron chi connectivity index (χ0n) is 17.2. The molecule has 1 aliphatic rings. The topological polar surface area (TPSA) is 65.0 Å². The molecule has 1 saturated heterocycles. The molecule has 1 heterocycles. The maximum absolute atomic E-state index is 13.6. The van der Waals surface area contributed by atoms with E-state index < -0.39 is 11.9 Å². The van der Waals surface area contributed by atoms with Crippen LogP contribution >= 0.6 is 23.2 Å². The van der Waals surface area contributed by atoms with Crippen LogP contribution in [0.5, 0.6) is 5.75 Å². The van der Waals surface area contributed by atoms with Crippen molar-refractivity contribution in [3.8, 4) is 5.75 Å². The number of carbonyl (C=O) groups excluding carboxylic acids is 1. The molecule has 0 bridgehead atoms. The summed E-state index contributed by atoms with van der Waals surface area (Å²) < 4.78 is 19.0. The van der Waals surface area contributed by atoms with Crippen LogP contribution in [0.1, 0.15) is 6.92 Å². The van der Waals surface area contributed by atoms with E-state index in [1.807, 2.05) is 6.92 Å². The number of piperazine rings is 1. The summed E-state index contributed by atoms with van der Waals surface area (Å²) in [5, 5.41) is 14.0. The molecule has 9 heteroatoms. The average molecular weight is 470 g/mol. The van der Waals surface area contributed by atoms with E-state index in [9.17, 15) is 14.3 Å². The number of para-hydroxylation sites is 1. The van der Waals surface area contributed by atoms with Gasteiger partial charge >= 0.3 is 0 Å². The second-order valence-corrected chi connectivity index (χ2v) is 8.55. The van der Waals surface area contributed by atoms with Gasteiger partial charge in [-0.05, 0) is 37.3 Å². The number of nitrogens with zero attached hydrogens (tertiary/aromatic N) is 2. The van der Waals surface area contributed by atoms with E-state index >= 15 is 0 Å². The number of ether oxygens (including phenoxy) is 1. The molecular weight excluding hydrogens is 444 g/mol. The minimum atomic E-state index is -0.746. The quantitative estimate of drug-likeness (QED) is 0.619. The van der Waals surface area contributed by atoms with Gasteiger partial charge in [-0.25, -0.2) is 4.39 Å². The number of benzene rings is 2. The molecule has 0 aliphatic carbocycles. The predicted octanol–water partition coefficient (Wildman–Crippen LogP) is 3.52. The van der Waals surface area contributed by atoms with Crippen LogP contribution < -0.4 is 10.1 Å². The molecule has 3 rings (SSSR count). The molecule has 0 aromatic heterocycles. The molecular formula is C22H26Cl2FN3O3. The lowest BCUT2D eigenvalue weighted by atomic mass is 10.1. The molecule has 2 atom stereocenters. The molecule has 1 aliphatic heterocycles. The van der Waals surface area contributed by atoms with Gasteiger partial charge in [-0.1, -0.05) is 35.3 Å². The number of nitrogens with one attached hydrogen (secondary N) is 1. The van der Waals surface area contributed by atoms with Crippen molar-refractivity contribution in [1.82, 2.24) is 9.80 Å². The first-order valence-electron chi connectivity index (χ1n) is 10.1. The smallest absolute Gasteiger partial charge is 0.238 e. The number of rotatable bonds is 8. The number of halogens is 3. The fourth-order valence-electron chi connectivity index (χ4n) is 3.59. The van der Waals surface area contributed by atoms with Crippen molar-refractivity contribution in [2.24, 2.45) is 0 Å². The van der Waals surface area contributed by atoms with Gasteiger partial charge in [0, 0.05) is 48.0 Å². The maximum atomic E-state index is 13.6. The van der Waals surface area contributed by atoms with Crippen molar-refractivity contribution in [1.29, 1.82) is 0 Å². The molecule has 2 N–H and O–H groups in total. The summed E-state index contributed by atoms with van der Waals surface area (Å²) in [7, 11) is 0. The van der Waals surface area contributed by atoms with Crippen LogP contribution in [0, 0.1) is 5.82 Å². The van der Waals surface area contributed by atoms with E-state index in [0.29, 0.717) is 41.9 Å². The third kappa shape index (κ3) is 7.33. The van der Waals surface area contributed by atoms with Crippen LogP contribution in [0.4, 0.5) is 10.1 Å². The Kier molecular flexibility index (Phi) is 8.51. The van der Waals surface area contributed by atoms with Crippen molar-refractivity contribution >= 4 is 34.8 Å². The first-order valence-corrected chi connectivity index (χ1v) is 10.8. The molecule has 0 spiro atoms. The van der Waals surface area contributed by atoms with E-state index in [2.05, 4.69) is 15.1 Å². The Morgan fingerprint density at radius 2 is 1.97 bits per heavy atom. The Balaban J connectivity index is 1.42. The fourth-order valence-corrected chi connectivity index (χ4v) is 4.11. The number of aliphatic hydroxyl groups excluding tert-OH is 1. The summed E-state index contributed by atoms with van der Waals surface area (Å²) in [5.74, 6) is -0.460. The van der Waals surface area contributed by atoms with Crippen LogP contribution in [-0.2, 0) is 4.79 Å². The first-order chi connectivity index (χ1) is 14.8. The van der Waals surface area contributed by atoms with Crippen LogP contribution in [-0.4, -0.2) is 72.3 Å². The average Bonchev–Trinajstić information content (AvgIpc) is 2.68. The first kappa shape index (κ1) is 23.8. The second kappa shape index (κ2) is 11.1. The summed E-state index contributed by atoms with van der Waals surface area (Å²) >= 11 is 11.9. The maximum Gasteiger partial charge on any atom is 0.238 e. The second-order valence-electron chi connectivity index (χ2n) is 7.68. The van der Waals surface area contributed by atoms with Gasteiger partial charge in [0.15, 0.2) is 11.6 Å². The Morgan fingerprint density at radius 3 is 2.65 bits per heavy atom. The standard InChI is InChI=1S/C22H26Cl2FN3O3/c1-15-11-27(13-22(30)26-18-9-16(23)8-17(24)10-18)6-7-28(15)12-19(29)14-31-21-5-3-2-4-20(21)25/h2-5,8-10,15,19,29H,6-7,11-14H2,1H3,(H,26,30). The number of carbonyl (C=O) groups is 1. The highest BCUT2D eigenvalue weighted by atomic mass is 35.5. The van der Waals surface area contributed by atoms with Gasteiger partial charge in [0.25, 0.3) is 0 Å². The molecule has 2 aromatic carbocycles. The van der Waals surface area contributed by atoms with Gasteiger partial charge in [0.2, 0.25) is 5.91 Å². The van der Waals surface area contributed by atoms with Crippen molar-refractivity contribution in [3.05, 3.63) is 58.3 Å². The summed E-state index contributed by atoms with van der Waals surface area (Å²) in [6.07, 6.45) is -0.746. The predicted molar refractivity (Wildman–Crippen MR) is 120 cm³/mol. The number of amides is 1. The molecule has 2 unspecified atom stereocenters. The molecule has 2 aromatic rings. The monoisotopic (exact) mass is 469 g/mol. The number of hydrogen-bond acceptors (Lipinski definition) is 5. The third-order valence-electron chi connectivity index (χ3n) is 5.08. The minimum absolute atomic E-state index is 0.0124. The molecule has 0 saturated carbocycles. The number of anilines is 1. The highest BCUT2D eigenvalue weighted by molar-refractivity contribution is 6.35. The van der Waals surface area contributed by atoms with Crippen molar-refractivity contribution in [2.75, 3.05) is 44.6 Å². The Labute approximate surface area is 191 Å². The van der Waals surface area contributed by atoms with Crippen LogP contribution in [0.2, 0.25) is 10.0 Å². The van der Waals surface area contributed by atoms with Crippen molar-refractivity contribution < 1.29 is 19.0 Å². The Hall–Kier alpha value is -1.90. The highest BCUT2D eigenvalue weighted by Crippen LogP contribution is 2.22. The summed E-state index contributed by atoms with van der Waals surface area (Å²) in [5.41, 5.74) is 0.562. The minimum Gasteiger partial charge on any atom is -0.488 e. The lowest BCUT2D eigenvalue weighted by Gasteiger charge is -2.40. The normalized spacial score (nSPS) is 18.5. The summed E-state index contributed by atoms with van der Waals surface area (Å²) in [4.78, 5) is 16.6. The number of β-amino-alcohol motifs (C(OH)–C–C–N with tert-alkyl or cyclic N) is 1. The lowest BCUT2D eigenvalue weighted by Crippen LogP contribution is -2.55. The molecule has 168 valence electrons. The lowest BCUT2D eigenvalue weighted by molar-refractivity contribution is -0.118. The zero-order chi connectivity index (χ0) is 22.4. The largest absolute Gasteiger partial charge is 0.488 e. The van der Waals surface area contributed by atoms with E-state index in [1.165, 1.54) is 12.1 Å². The molecule has 1 amide bonds. The van der Waals surface area contributed by atoms with Crippen LogP contribution in [0.25, 0.3) is 0 Å². The van der Waals surface area contributed by atoms with Gasteiger partial charge in [-0.3, -0.25) is 14.6 Å². The van der Waals surface area contributed by atoms with Gasteiger partial charge in [0.1, 0.15) is 12.7 Å². The van der Waals surface area contributed by atoms with Gasteiger partial charge in [0.05, 0.1) is 6.54 Å². The Morgan fingerprint density at radius 1 is 1.26 bits per heavy atom. The van der Waals surface area contributed by atoms with Crippen LogP contribution in [0.3, 0.4) is 0 Å². The van der Waals surface area contributed by atoms with Crippen molar-refractivity contribution in [3.63, 3.8) is 0 Å². The zero-order valence-corrected chi connectivity index (χ0v) is 18.7. The van der Waals surface area contributed by atoms with Gasteiger partial charge < -0.3 is 15.2 Å². The molecule has 6 nitrogen and oxygen atoms in total. The summed E-state index contributed by atoms with van der Waals surface area (Å²) in [6.45, 7) is 4.80. The van der Waals surface area contributed by atoms with Gasteiger partial charge in [-0.15, -0.1) is 0 Å². The third-order valence-corrected chi connectivity index (χ3v) is 5.51. The number of aliphatic hydroxyl groups is 1. The van der Waals surface area contributed by atoms with Crippen LogP contribution in [0.15, 0.2) is 42.5 Å². The van der Waals surface area contributed by atoms with E-state index in [1.54, 1.807) is 30.3 Å². The summed E-state index contributed by atoms with van der Waals surface area (Å²) in [6, 6.07) is 11.2. The highest BCUT2D eigenvalue weighted by Gasteiger charge is 2.26.